The molecule has 5 nitrogen and oxygen atoms in total. The highest BCUT2D eigenvalue weighted by molar-refractivity contribution is 7.14. The van der Waals surface area contributed by atoms with E-state index in [4.69, 9.17) is 9.47 Å². The number of carbonyl (C=O) groups is 1. The van der Waals surface area contributed by atoms with Crippen LogP contribution in [-0.4, -0.2) is 30.7 Å². The van der Waals surface area contributed by atoms with Gasteiger partial charge < -0.3 is 9.47 Å². The molecule has 146 valence electrons. The zero-order chi connectivity index (χ0) is 19.9. The van der Waals surface area contributed by atoms with Gasteiger partial charge in [-0.05, 0) is 38.0 Å². The van der Waals surface area contributed by atoms with Crippen molar-refractivity contribution in [1.82, 2.24) is 4.98 Å². The molecule has 1 heterocycles. The summed E-state index contributed by atoms with van der Waals surface area (Å²) in [5.74, 6) is 0.443. The monoisotopic (exact) mass is 396 g/mol. The van der Waals surface area contributed by atoms with E-state index in [1.807, 2.05) is 48.7 Å². The zero-order valence-electron chi connectivity index (χ0n) is 16.3. The zero-order valence-corrected chi connectivity index (χ0v) is 17.1. The van der Waals surface area contributed by atoms with Crippen LogP contribution in [0.5, 0.6) is 5.75 Å². The maximum Gasteiger partial charge on any atom is 0.266 e. The van der Waals surface area contributed by atoms with Crippen LogP contribution in [0.4, 0.5) is 5.13 Å². The average Bonchev–Trinajstić information content (AvgIpc) is 3.17. The highest BCUT2D eigenvalue weighted by Crippen LogP contribution is 2.25. The Morgan fingerprint density at radius 1 is 1.14 bits per heavy atom. The standard InChI is InChI=1S/C22H24N2O3S/c1-15-4-10-19(11-5-15)27-16(2)21(25)24-22-23-20(14-28-22)18-8-6-17(7-9-18)12-13-26-3/h4-11,14,16H,12-13H2,1-3H3,(H,23,24,25)/t16-/m1/s1. The van der Waals surface area contributed by atoms with Crippen molar-refractivity contribution in [2.45, 2.75) is 26.4 Å². The van der Waals surface area contributed by atoms with Crippen molar-refractivity contribution in [3.8, 4) is 17.0 Å². The lowest BCUT2D eigenvalue weighted by molar-refractivity contribution is -0.122. The maximum atomic E-state index is 12.4. The van der Waals surface area contributed by atoms with Crippen LogP contribution in [0.25, 0.3) is 11.3 Å². The first-order valence-electron chi connectivity index (χ1n) is 9.13. The number of methoxy groups -OCH3 is 1. The third-order valence-electron chi connectivity index (χ3n) is 4.28. The molecule has 28 heavy (non-hydrogen) atoms. The molecule has 3 aromatic rings. The number of amides is 1. The van der Waals surface area contributed by atoms with Crippen LogP contribution in [0.1, 0.15) is 18.1 Å². The second kappa shape index (κ2) is 9.48. The molecule has 0 unspecified atom stereocenters. The van der Waals surface area contributed by atoms with Crippen molar-refractivity contribution in [2.75, 3.05) is 19.0 Å². The molecule has 0 aliphatic rings. The van der Waals surface area contributed by atoms with Crippen LogP contribution in [0, 0.1) is 6.92 Å². The molecule has 0 spiro atoms. The van der Waals surface area contributed by atoms with Gasteiger partial charge in [-0.2, -0.15) is 0 Å². The summed E-state index contributed by atoms with van der Waals surface area (Å²) >= 11 is 1.40. The third kappa shape index (κ3) is 5.41. The molecule has 3 rings (SSSR count). The van der Waals surface area contributed by atoms with Crippen LogP contribution in [-0.2, 0) is 16.0 Å². The van der Waals surface area contributed by atoms with Crippen molar-refractivity contribution in [3.05, 3.63) is 65.0 Å². The van der Waals surface area contributed by atoms with Crippen molar-refractivity contribution in [1.29, 1.82) is 0 Å². The van der Waals surface area contributed by atoms with E-state index in [-0.39, 0.29) is 5.91 Å². The Hall–Kier alpha value is -2.70. The summed E-state index contributed by atoms with van der Waals surface area (Å²) in [6.45, 7) is 4.44. The molecule has 1 N–H and O–H groups in total. The number of hydrogen-bond acceptors (Lipinski definition) is 5. The number of aromatic nitrogens is 1. The van der Waals surface area contributed by atoms with Crippen LogP contribution in [0.15, 0.2) is 53.9 Å². The first-order chi connectivity index (χ1) is 13.5. The second-order valence-corrected chi connectivity index (χ2v) is 7.40. The first kappa shape index (κ1) is 20.0. The number of benzene rings is 2. The SMILES string of the molecule is COCCc1ccc(-c2csc(NC(=O)[C@@H](C)Oc3ccc(C)cc3)n2)cc1. The number of aryl methyl sites for hydroxylation is 1. The van der Waals surface area contributed by atoms with E-state index in [1.54, 1.807) is 14.0 Å². The topological polar surface area (TPSA) is 60.5 Å². The van der Waals surface area contributed by atoms with E-state index in [0.717, 1.165) is 23.2 Å². The smallest absolute Gasteiger partial charge is 0.266 e. The van der Waals surface area contributed by atoms with Crippen molar-refractivity contribution < 1.29 is 14.3 Å². The molecule has 6 heteroatoms. The summed E-state index contributed by atoms with van der Waals surface area (Å²) in [4.78, 5) is 16.9. The van der Waals surface area contributed by atoms with Crippen LogP contribution < -0.4 is 10.1 Å². The Kier molecular flexibility index (Phi) is 6.79. The summed E-state index contributed by atoms with van der Waals surface area (Å²) < 4.78 is 10.8. The number of anilines is 1. The highest BCUT2D eigenvalue weighted by atomic mass is 32.1. The third-order valence-corrected chi connectivity index (χ3v) is 5.04. The predicted octanol–water partition coefficient (Wildman–Crippen LogP) is 4.71. The Bertz CT molecular complexity index is 904. The molecule has 0 radical (unpaired) electrons. The summed E-state index contributed by atoms with van der Waals surface area (Å²) in [6, 6.07) is 15.8. The van der Waals surface area contributed by atoms with Gasteiger partial charge in [0.05, 0.1) is 12.3 Å². The number of nitrogens with one attached hydrogen (secondary N) is 1. The number of thiazole rings is 1. The largest absolute Gasteiger partial charge is 0.481 e. The average molecular weight is 397 g/mol. The molecule has 1 amide bonds. The van der Waals surface area contributed by atoms with Crippen LogP contribution in [0.2, 0.25) is 0 Å². The van der Waals surface area contributed by atoms with Gasteiger partial charge in [-0.25, -0.2) is 4.98 Å². The van der Waals surface area contributed by atoms with Crippen molar-refractivity contribution >= 4 is 22.4 Å². The van der Waals surface area contributed by atoms with Crippen LogP contribution >= 0.6 is 11.3 Å². The summed E-state index contributed by atoms with van der Waals surface area (Å²) in [5.41, 5.74) is 4.22. The van der Waals surface area contributed by atoms with E-state index in [9.17, 15) is 4.79 Å². The summed E-state index contributed by atoms with van der Waals surface area (Å²) in [7, 11) is 1.70. The number of nitrogens with zero attached hydrogens (tertiary/aromatic N) is 1. The number of rotatable bonds is 8. The van der Waals surface area contributed by atoms with Gasteiger partial charge in [-0.3, -0.25) is 10.1 Å². The Morgan fingerprint density at radius 2 is 1.86 bits per heavy atom. The van der Waals surface area contributed by atoms with Gasteiger partial charge in [0.15, 0.2) is 11.2 Å². The number of carbonyl (C=O) groups excluding carboxylic acids is 1. The maximum absolute atomic E-state index is 12.4. The molecule has 0 aliphatic carbocycles. The highest BCUT2D eigenvalue weighted by Gasteiger charge is 2.16. The Labute approximate surface area is 169 Å². The van der Waals surface area contributed by atoms with E-state index in [0.29, 0.717) is 17.5 Å². The quantitative estimate of drug-likeness (QED) is 0.599. The molecule has 0 bridgehead atoms. The van der Waals surface area contributed by atoms with E-state index in [1.165, 1.54) is 16.9 Å². The van der Waals surface area contributed by atoms with Gasteiger partial charge in [0.1, 0.15) is 5.75 Å². The minimum atomic E-state index is -0.616. The second-order valence-electron chi connectivity index (χ2n) is 6.54. The predicted molar refractivity (Wildman–Crippen MR) is 113 cm³/mol. The Morgan fingerprint density at radius 3 is 2.54 bits per heavy atom. The first-order valence-corrected chi connectivity index (χ1v) is 10.0. The van der Waals surface area contributed by atoms with Gasteiger partial charge in [0.2, 0.25) is 0 Å². The lowest BCUT2D eigenvalue weighted by atomic mass is 10.1. The molecule has 0 saturated carbocycles. The molecule has 0 saturated heterocycles. The summed E-state index contributed by atoms with van der Waals surface area (Å²) in [5, 5.41) is 5.32. The fourth-order valence-corrected chi connectivity index (χ4v) is 3.33. The van der Waals surface area contributed by atoms with Gasteiger partial charge in [0.25, 0.3) is 5.91 Å². The Balaban J connectivity index is 1.58. The van der Waals surface area contributed by atoms with Crippen molar-refractivity contribution in [2.24, 2.45) is 0 Å². The van der Waals surface area contributed by atoms with Crippen LogP contribution in [0.3, 0.4) is 0 Å². The van der Waals surface area contributed by atoms with E-state index < -0.39 is 6.10 Å². The molecule has 0 aliphatic heterocycles. The lowest BCUT2D eigenvalue weighted by Gasteiger charge is -2.13. The minimum Gasteiger partial charge on any atom is -0.481 e. The molecule has 1 aromatic heterocycles. The van der Waals surface area contributed by atoms with Gasteiger partial charge >= 0.3 is 0 Å². The minimum absolute atomic E-state index is 0.226. The normalized spacial score (nSPS) is 11.8. The molecular weight excluding hydrogens is 372 g/mol. The molecule has 0 fully saturated rings. The number of hydrogen-bond donors (Lipinski definition) is 1. The van der Waals surface area contributed by atoms with E-state index >= 15 is 0 Å². The summed E-state index contributed by atoms with van der Waals surface area (Å²) in [6.07, 6.45) is 0.267. The molecule has 2 aromatic carbocycles. The van der Waals surface area contributed by atoms with Gasteiger partial charge in [-0.1, -0.05) is 42.0 Å². The van der Waals surface area contributed by atoms with Crippen molar-refractivity contribution in [3.63, 3.8) is 0 Å². The molecule has 1 atom stereocenters. The fourth-order valence-electron chi connectivity index (χ4n) is 2.61. The lowest BCUT2D eigenvalue weighted by Crippen LogP contribution is -2.30. The van der Waals surface area contributed by atoms with Gasteiger partial charge in [-0.15, -0.1) is 11.3 Å². The fraction of sp³-hybridized carbons (Fsp3) is 0.273. The molecular formula is C22H24N2O3S. The van der Waals surface area contributed by atoms with E-state index in [2.05, 4.69) is 22.4 Å². The number of ether oxygens (including phenoxy) is 2. The van der Waals surface area contributed by atoms with Gasteiger partial charge in [0, 0.05) is 18.1 Å².